The number of ether oxygens (including phenoxy) is 1. The normalized spacial score (nSPS) is 12.1. The van der Waals surface area contributed by atoms with Crippen LogP contribution >= 0.6 is 0 Å². The number of nitrogens with one attached hydrogen (secondary N) is 1. The van der Waals surface area contributed by atoms with Gasteiger partial charge in [0.05, 0.1) is 24.9 Å². The van der Waals surface area contributed by atoms with Crippen LogP contribution in [0, 0.1) is 0 Å². The van der Waals surface area contributed by atoms with E-state index in [9.17, 15) is 9.59 Å². The number of carbonyl (C=O) groups excluding carboxylic acids is 1. The number of fused-ring (bicyclic) bond motifs is 1. The first kappa shape index (κ1) is 19.6. The lowest BCUT2D eigenvalue weighted by Gasteiger charge is -2.25. The number of hydrogen-bond donors (Lipinski definition) is 1. The Morgan fingerprint density at radius 3 is 2.75 bits per heavy atom. The molecule has 28 heavy (non-hydrogen) atoms. The van der Waals surface area contributed by atoms with Crippen molar-refractivity contribution in [1.29, 1.82) is 0 Å². The van der Waals surface area contributed by atoms with Crippen LogP contribution in [0.15, 0.2) is 59.5 Å². The Morgan fingerprint density at radius 1 is 1.21 bits per heavy atom. The summed E-state index contributed by atoms with van der Waals surface area (Å²) in [5.41, 5.74) is 1.54. The number of hydrogen-bond acceptors (Lipinski definition) is 5. The van der Waals surface area contributed by atoms with E-state index in [1.54, 1.807) is 30.0 Å². The quantitative estimate of drug-likeness (QED) is 0.677. The van der Waals surface area contributed by atoms with Gasteiger partial charge < -0.3 is 15.0 Å². The SMILES string of the molecule is COc1cccc(C(CNC(=O)Cn2ncc(=O)c3ccccc32)N(C)C)c1. The molecule has 0 bridgehead atoms. The molecule has 0 aliphatic rings. The highest BCUT2D eigenvalue weighted by molar-refractivity contribution is 5.81. The maximum Gasteiger partial charge on any atom is 0.241 e. The molecule has 1 heterocycles. The van der Waals surface area contributed by atoms with Crippen LogP contribution in [0.2, 0.25) is 0 Å². The van der Waals surface area contributed by atoms with E-state index in [-0.39, 0.29) is 23.9 Å². The van der Waals surface area contributed by atoms with Gasteiger partial charge in [0.2, 0.25) is 11.3 Å². The van der Waals surface area contributed by atoms with Crippen LogP contribution in [0.5, 0.6) is 5.75 Å². The summed E-state index contributed by atoms with van der Waals surface area (Å²) >= 11 is 0. The number of methoxy groups -OCH3 is 1. The predicted molar refractivity (Wildman–Crippen MR) is 108 cm³/mol. The fraction of sp³-hybridized carbons (Fsp3) is 0.286. The van der Waals surface area contributed by atoms with Crippen molar-refractivity contribution >= 4 is 16.8 Å². The molecule has 1 N–H and O–H groups in total. The van der Waals surface area contributed by atoms with Gasteiger partial charge in [0.25, 0.3) is 0 Å². The smallest absolute Gasteiger partial charge is 0.241 e. The molecule has 0 aliphatic carbocycles. The monoisotopic (exact) mass is 380 g/mol. The summed E-state index contributed by atoms with van der Waals surface area (Å²) in [4.78, 5) is 26.5. The van der Waals surface area contributed by atoms with Gasteiger partial charge in [0, 0.05) is 11.9 Å². The molecule has 3 rings (SSSR count). The summed E-state index contributed by atoms with van der Waals surface area (Å²) in [5, 5.41) is 7.62. The van der Waals surface area contributed by atoms with Crippen molar-refractivity contribution in [3.8, 4) is 5.75 Å². The Balaban J connectivity index is 1.72. The van der Waals surface area contributed by atoms with E-state index >= 15 is 0 Å². The number of benzene rings is 2. The Labute approximate surface area is 163 Å². The van der Waals surface area contributed by atoms with Crippen molar-refractivity contribution in [3.63, 3.8) is 0 Å². The van der Waals surface area contributed by atoms with Gasteiger partial charge in [-0.1, -0.05) is 24.3 Å². The summed E-state index contributed by atoms with van der Waals surface area (Å²) in [6, 6.07) is 14.9. The Morgan fingerprint density at radius 2 is 2.00 bits per heavy atom. The number of carbonyl (C=O) groups is 1. The Hall–Kier alpha value is -3.19. The topological polar surface area (TPSA) is 76.5 Å². The molecule has 1 unspecified atom stereocenters. The van der Waals surface area contributed by atoms with Crippen LogP contribution < -0.4 is 15.5 Å². The lowest BCUT2D eigenvalue weighted by molar-refractivity contribution is -0.122. The van der Waals surface area contributed by atoms with E-state index in [4.69, 9.17) is 4.74 Å². The summed E-state index contributed by atoms with van der Waals surface area (Å²) in [6.45, 7) is 0.482. The molecule has 0 saturated heterocycles. The van der Waals surface area contributed by atoms with Crippen LogP contribution in [-0.4, -0.2) is 48.3 Å². The van der Waals surface area contributed by atoms with Crippen molar-refractivity contribution < 1.29 is 9.53 Å². The van der Waals surface area contributed by atoms with Crippen molar-refractivity contribution in [2.45, 2.75) is 12.6 Å². The number of rotatable bonds is 7. The number of aromatic nitrogens is 2. The zero-order chi connectivity index (χ0) is 20.1. The second-order valence-electron chi connectivity index (χ2n) is 6.74. The average Bonchev–Trinajstić information content (AvgIpc) is 2.70. The van der Waals surface area contributed by atoms with Gasteiger partial charge in [0.15, 0.2) is 0 Å². The first-order valence-corrected chi connectivity index (χ1v) is 9.01. The third-order valence-electron chi connectivity index (χ3n) is 4.65. The van der Waals surface area contributed by atoms with Crippen molar-refractivity contribution in [2.75, 3.05) is 27.7 Å². The minimum absolute atomic E-state index is 0.00206. The zero-order valence-electron chi connectivity index (χ0n) is 16.3. The van der Waals surface area contributed by atoms with Crippen LogP contribution in [0.3, 0.4) is 0 Å². The maximum absolute atomic E-state index is 12.5. The largest absolute Gasteiger partial charge is 0.497 e. The van der Waals surface area contributed by atoms with Gasteiger partial charge in [0.1, 0.15) is 12.3 Å². The van der Waals surface area contributed by atoms with Gasteiger partial charge in [-0.2, -0.15) is 5.10 Å². The summed E-state index contributed by atoms with van der Waals surface area (Å²) < 4.78 is 6.84. The fourth-order valence-electron chi connectivity index (χ4n) is 3.14. The second kappa shape index (κ2) is 8.67. The van der Waals surface area contributed by atoms with E-state index in [0.29, 0.717) is 17.4 Å². The molecule has 0 saturated carbocycles. The van der Waals surface area contributed by atoms with E-state index < -0.39 is 0 Å². The van der Waals surface area contributed by atoms with E-state index in [2.05, 4.69) is 10.4 Å². The van der Waals surface area contributed by atoms with Crippen molar-refractivity contribution in [1.82, 2.24) is 20.0 Å². The van der Waals surface area contributed by atoms with Crippen LogP contribution in [0.25, 0.3) is 10.9 Å². The predicted octanol–water partition coefficient (Wildman–Crippen LogP) is 1.82. The van der Waals surface area contributed by atoms with E-state index in [1.165, 1.54) is 6.20 Å². The number of likely N-dealkylation sites (N-methyl/N-ethyl adjacent to an activating group) is 1. The third-order valence-corrected chi connectivity index (χ3v) is 4.65. The van der Waals surface area contributed by atoms with Gasteiger partial charge in [-0.25, -0.2) is 0 Å². The summed E-state index contributed by atoms with van der Waals surface area (Å²) in [6.07, 6.45) is 1.24. The Kier molecular flexibility index (Phi) is 6.06. The number of para-hydroxylation sites is 1. The molecule has 7 nitrogen and oxygen atoms in total. The number of nitrogens with zero attached hydrogens (tertiary/aromatic N) is 3. The highest BCUT2D eigenvalue weighted by atomic mass is 16.5. The first-order chi connectivity index (χ1) is 13.5. The second-order valence-corrected chi connectivity index (χ2v) is 6.74. The molecule has 1 amide bonds. The Bertz CT molecular complexity index is 1030. The van der Waals surface area contributed by atoms with E-state index in [1.807, 2.05) is 49.3 Å². The summed E-state index contributed by atoms with van der Waals surface area (Å²) in [7, 11) is 5.56. The van der Waals surface area contributed by atoms with Crippen molar-refractivity contribution in [3.05, 3.63) is 70.5 Å². The highest BCUT2D eigenvalue weighted by Gasteiger charge is 2.16. The third kappa shape index (κ3) is 4.37. The molecular weight excluding hydrogens is 356 g/mol. The highest BCUT2D eigenvalue weighted by Crippen LogP contribution is 2.22. The molecule has 1 atom stereocenters. The fourth-order valence-corrected chi connectivity index (χ4v) is 3.14. The minimum Gasteiger partial charge on any atom is -0.497 e. The molecule has 0 radical (unpaired) electrons. The van der Waals surface area contributed by atoms with E-state index in [0.717, 1.165) is 11.3 Å². The van der Waals surface area contributed by atoms with Crippen LogP contribution in [0.4, 0.5) is 0 Å². The maximum atomic E-state index is 12.5. The van der Waals surface area contributed by atoms with Gasteiger partial charge in [-0.05, 0) is 43.9 Å². The first-order valence-electron chi connectivity index (χ1n) is 9.01. The molecule has 0 spiro atoms. The lowest BCUT2D eigenvalue weighted by atomic mass is 10.1. The van der Waals surface area contributed by atoms with Gasteiger partial charge in [-0.3, -0.25) is 14.3 Å². The lowest BCUT2D eigenvalue weighted by Crippen LogP contribution is -2.36. The van der Waals surface area contributed by atoms with Gasteiger partial charge >= 0.3 is 0 Å². The molecule has 0 aliphatic heterocycles. The molecule has 2 aromatic carbocycles. The molecule has 1 aromatic heterocycles. The zero-order valence-corrected chi connectivity index (χ0v) is 16.3. The van der Waals surface area contributed by atoms with Crippen molar-refractivity contribution in [2.24, 2.45) is 0 Å². The van der Waals surface area contributed by atoms with Gasteiger partial charge in [-0.15, -0.1) is 0 Å². The van der Waals surface area contributed by atoms with Crippen LogP contribution in [-0.2, 0) is 11.3 Å². The molecule has 7 heteroatoms. The molecule has 146 valence electrons. The summed E-state index contributed by atoms with van der Waals surface area (Å²) in [5.74, 6) is 0.607. The molecule has 3 aromatic rings. The standard InChI is InChI=1S/C21H24N4O3/c1-24(2)19(15-7-6-8-16(11-15)28-3)12-22-21(27)14-25-18-10-5-4-9-17(18)20(26)13-23-25/h4-11,13,19H,12,14H2,1-3H3,(H,22,27). The number of amides is 1. The van der Waals surface area contributed by atoms with Crippen LogP contribution in [0.1, 0.15) is 11.6 Å². The molecule has 0 fully saturated rings. The molecular formula is C21H24N4O3. The average molecular weight is 380 g/mol. The minimum atomic E-state index is -0.170.